The Bertz CT molecular complexity index is 250. The molecule has 1 heterocycles. The van der Waals surface area contributed by atoms with E-state index < -0.39 is 0 Å². The minimum Gasteiger partial charge on any atom is -0.197 e. The molecular formula is C8H8NS2+. The molecule has 3 heteroatoms. The molecule has 11 heavy (non-hydrogen) atoms. The van der Waals surface area contributed by atoms with Crippen LogP contribution in [0.15, 0.2) is 46.8 Å². The molecule has 1 aromatic carbocycles. The SMILES string of the molecule is C1=CS[S+](c2ccccc2)N1. The molecule has 56 valence electrons. The molecule has 0 aromatic heterocycles. The molecule has 1 atom stereocenters. The maximum Gasteiger partial charge on any atom is 0.213 e. The molecule has 1 N–H and O–H groups in total. The largest absolute Gasteiger partial charge is 0.213 e. The smallest absolute Gasteiger partial charge is 0.197 e. The van der Waals surface area contributed by atoms with Crippen LogP contribution in [0.4, 0.5) is 0 Å². The van der Waals surface area contributed by atoms with E-state index in [2.05, 4.69) is 34.4 Å². The zero-order valence-electron chi connectivity index (χ0n) is 5.86. The molecule has 1 aromatic rings. The predicted molar refractivity (Wildman–Crippen MR) is 51.9 cm³/mol. The highest BCUT2D eigenvalue weighted by atomic mass is 33.1. The molecule has 0 radical (unpaired) electrons. The van der Waals surface area contributed by atoms with Crippen LogP contribution in [0.2, 0.25) is 0 Å². The van der Waals surface area contributed by atoms with E-state index in [0.717, 1.165) is 0 Å². The van der Waals surface area contributed by atoms with E-state index in [1.807, 2.05) is 23.1 Å². The minimum absolute atomic E-state index is 0.165. The van der Waals surface area contributed by atoms with Gasteiger partial charge in [0.2, 0.25) is 10.1 Å². The summed E-state index contributed by atoms with van der Waals surface area (Å²) in [5.41, 5.74) is 0. The van der Waals surface area contributed by atoms with Crippen LogP contribution < -0.4 is 4.72 Å². The summed E-state index contributed by atoms with van der Waals surface area (Å²) >= 11 is 0. The molecule has 0 amide bonds. The van der Waals surface area contributed by atoms with Gasteiger partial charge in [0.1, 0.15) is 0 Å². The van der Waals surface area contributed by atoms with Crippen molar-refractivity contribution in [2.75, 3.05) is 0 Å². The van der Waals surface area contributed by atoms with Crippen molar-refractivity contribution in [3.05, 3.63) is 41.9 Å². The Hall–Kier alpha value is -0.540. The first kappa shape index (κ1) is 7.13. The summed E-state index contributed by atoms with van der Waals surface area (Å²) in [4.78, 5) is 1.36. The molecule has 1 aliphatic heterocycles. The lowest BCUT2D eigenvalue weighted by Gasteiger charge is -1.94. The number of hydrogen-bond donors (Lipinski definition) is 1. The van der Waals surface area contributed by atoms with Crippen LogP contribution in [-0.2, 0) is 10.1 Å². The Morgan fingerprint density at radius 3 is 2.64 bits per heavy atom. The molecular weight excluding hydrogens is 174 g/mol. The number of nitrogens with one attached hydrogen (secondary N) is 1. The van der Waals surface area contributed by atoms with Gasteiger partial charge in [-0.1, -0.05) is 18.2 Å². The Balaban J connectivity index is 2.17. The van der Waals surface area contributed by atoms with Gasteiger partial charge in [-0.05, 0) is 12.1 Å². The lowest BCUT2D eigenvalue weighted by atomic mass is 10.4. The lowest BCUT2D eigenvalue weighted by molar-refractivity contribution is 1.37. The highest BCUT2D eigenvalue weighted by Crippen LogP contribution is 2.27. The molecule has 0 spiro atoms. The maximum absolute atomic E-state index is 3.28. The van der Waals surface area contributed by atoms with Crippen LogP contribution in [0.25, 0.3) is 0 Å². The Morgan fingerprint density at radius 2 is 2.00 bits per heavy atom. The third-order valence-electron chi connectivity index (χ3n) is 1.35. The van der Waals surface area contributed by atoms with Crippen molar-refractivity contribution >= 4 is 20.9 Å². The average Bonchev–Trinajstić information content (AvgIpc) is 2.58. The summed E-state index contributed by atoms with van der Waals surface area (Å²) < 4.78 is 3.28. The monoisotopic (exact) mass is 182 g/mol. The van der Waals surface area contributed by atoms with E-state index in [1.54, 1.807) is 0 Å². The third kappa shape index (κ3) is 1.54. The summed E-state index contributed by atoms with van der Waals surface area (Å²) in [6.07, 6.45) is 2.00. The fraction of sp³-hybridized carbons (Fsp3) is 0. The van der Waals surface area contributed by atoms with Crippen molar-refractivity contribution in [3.63, 3.8) is 0 Å². The zero-order chi connectivity index (χ0) is 7.52. The van der Waals surface area contributed by atoms with Crippen molar-refractivity contribution in [2.24, 2.45) is 0 Å². The first-order chi connectivity index (χ1) is 5.47. The number of benzene rings is 1. The van der Waals surface area contributed by atoms with Crippen molar-refractivity contribution in [3.8, 4) is 0 Å². The number of hydrogen-bond acceptors (Lipinski definition) is 2. The lowest BCUT2D eigenvalue weighted by Crippen LogP contribution is -2.09. The van der Waals surface area contributed by atoms with Gasteiger partial charge >= 0.3 is 0 Å². The first-order valence-electron chi connectivity index (χ1n) is 3.34. The van der Waals surface area contributed by atoms with Crippen molar-refractivity contribution < 1.29 is 0 Å². The van der Waals surface area contributed by atoms with Crippen LogP contribution in [0, 0.1) is 0 Å². The summed E-state index contributed by atoms with van der Waals surface area (Å²) in [5, 5.41) is 2.09. The van der Waals surface area contributed by atoms with E-state index in [1.165, 1.54) is 4.90 Å². The van der Waals surface area contributed by atoms with E-state index in [0.29, 0.717) is 0 Å². The van der Waals surface area contributed by atoms with Gasteiger partial charge in [0.05, 0.1) is 6.20 Å². The van der Waals surface area contributed by atoms with Gasteiger partial charge in [-0.3, -0.25) is 0 Å². The van der Waals surface area contributed by atoms with Gasteiger partial charge in [-0.25, -0.2) is 0 Å². The second-order valence-corrected chi connectivity index (χ2v) is 5.39. The molecule has 0 saturated heterocycles. The number of rotatable bonds is 1. The summed E-state index contributed by atoms with van der Waals surface area (Å²) in [5.74, 6) is 0. The van der Waals surface area contributed by atoms with Gasteiger partial charge in [-0.15, -0.1) is 0 Å². The topological polar surface area (TPSA) is 12.0 Å². The molecule has 2 rings (SSSR count). The van der Waals surface area contributed by atoms with Gasteiger partial charge < -0.3 is 0 Å². The molecule has 0 aliphatic carbocycles. The van der Waals surface area contributed by atoms with Crippen LogP contribution in [0.3, 0.4) is 0 Å². The Morgan fingerprint density at radius 1 is 1.18 bits per heavy atom. The van der Waals surface area contributed by atoms with E-state index in [9.17, 15) is 0 Å². The summed E-state index contributed by atoms with van der Waals surface area (Å²) in [7, 11) is 2.00. The third-order valence-corrected chi connectivity index (χ3v) is 4.62. The van der Waals surface area contributed by atoms with Crippen molar-refractivity contribution in [1.82, 2.24) is 4.72 Å². The molecule has 0 bridgehead atoms. The van der Waals surface area contributed by atoms with Gasteiger partial charge in [0.25, 0.3) is 0 Å². The van der Waals surface area contributed by atoms with Crippen LogP contribution in [0.1, 0.15) is 0 Å². The molecule has 1 nitrogen and oxygen atoms in total. The predicted octanol–water partition coefficient (Wildman–Crippen LogP) is 2.30. The molecule has 0 fully saturated rings. The molecule has 1 aliphatic rings. The van der Waals surface area contributed by atoms with E-state index >= 15 is 0 Å². The maximum atomic E-state index is 3.28. The van der Waals surface area contributed by atoms with Crippen LogP contribution in [0.5, 0.6) is 0 Å². The summed E-state index contributed by atoms with van der Waals surface area (Å²) in [6.45, 7) is 0. The average molecular weight is 182 g/mol. The van der Waals surface area contributed by atoms with Crippen molar-refractivity contribution in [2.45, 2.75) is 4.90 Å². The Labute approximate surface area is 72.8 Å². The quantitative estimate of drug-likeness (QED) is 0.528. The highest BCUT2D eigenvalue weighted by molar-refractivity contribution is 8.75. The summed E-state index contributed by atoms with van der Waals surface area (Å²) in [6, 6.07) is 10.5. The fourth-order valence-corrected chi connectivity index (χ4v) is 3.59. The van der Waals surface area contributed by atoms with Gasteiger partial charge in [-0.2, -0.15) is 4.72 Å². The van der Waals surface area contributed by atoms with E-state index in [4.69, 9.17) is 0 Å². The second kappa shape index (κ2) is 3.24. The van der Waals surface area contributed by atoms with Crippen LogP contribution >= 0.6 is 10.8 Å². The fourth-order valence-electron chi connectivity index (χ4n) is 0.868. The van der Waals surface area contributed by atoms with E-state index in [-0.39, 0.29) is 10.1 Å². The first-order valence-corrected chi connectivity index (χ1v) is 5.96. The van der Waals surface area contributed by atoms with Gasteiger partial charge in [0.15, 0.2) is 15.7 Å². The van der Waals surface area contributed by atoms with Crippen molar-refractivity contribution in [1.29, 1.82) is 0 Å². The zero-order valence-corrected chi connectivity index (χ0v) is 7.49. The normalized spacial score (nSPS) is 21.6. The standard InChI is InChI=1S/C8H8NS2/c1-2-4-8(5-3-1)11-9-6-7-10-11/h1-7,9H/q+1. The minimum atomic E-state index is 0.165. The molecule has 1 unspecified atom stereocenters. The second-order valence-electron chi connectivity index (χ2n) is 2.10. The highest BCUT2D eigenvalue weighted by Gasteiger charge is 2.25. The Kier molecular flexibility index (Phi) is 2.10. The molecule has 0 saturated carbocycles. The van der Waals surface area contributed by atoms with Gasteiger partial charge in [0, 0.05) is 5.41 Å². The van der Waals surface area contributed by atoms with Crippen LogP contribution in [-0.4, -0.2) is 0 Å².